The number of benzene rings is 2. The molecule has 3 nitrogen and oxygen atoms in total. The van der Waals surface area contributed by atoms with E-state index in [4.69, 9.17) is 4.42 Å². The maximum atomic E-state index is 6.78. The highest BCUT2D eigenvalue weighted by Crippen LogP contribution is 2.45. The first-order chi connectivity index (χ1) is 15.2. The van der Waals surface area contributed by atoms with Gasteiger partial charge >= 0.3 is 0 Å². The van der Waals surface area contributed by atoms with E-state index < -0.39 is 0 Å². The van der Waals surface area contributed by atoms with Crippen molar-refractivity contribution in [3.05, 3.63) is 53.3 Å². The van der Waals surface area contributed by atoms with Crippen LogP contribution in [0.15, 0.2) is 41.1 Å². The van der Waals surface area contributed by atoms with E-state index in [1.165, 1.54) is 75.0 Å². The van der Waals surface area contributed by atoms with Crippen LogP contribution in [0.1, 0.15) is 62.1 Å². The molecule has 3 aromatic heterocycles. The lowest BCUT2D eigenvalue weighted by Gasteiger charge is -2.34. The molecule has 0 spiro atoms. The van der Waals surface area contributed by atoms with Crippen LogP contribution in [0.2, 0.25) is 0 Å². The zero-order valence-corrected chi connectivity index (χ0v) is 20.2. The number of nitrogens with zero attached hydrogens (tertiary/aromatic N) is 2. The second-order valence-corrected chi connectivity index (χ2v) is 10.9. The zero-order valence-electron chi connectivity index (χ0n) is 20.2. The summed E-state index contributed by atoms with van der Waals surface area (Å²) in [6.45, 7) is 9.27. The van der Waals surface area contributed by atoms with Crippen molar-refractivity contribution < 1.29 is 8.98 Å². The SMILES string of the molecule is Cc1c2cc[n+](C)c2c(C)c2c1oc1cc(C3CCC(C)(C)CC3)cc3ccn(C)c2c31. The van der Waals surface area contributed by atoms with Gasteiger partial charge in [-0.3, -0.25) is 0 Å². The molecular formula is C29H33N2O+. The van der Waals surface area contributed by atoms with Crippen LogP contribution in [-0.2, 0) is 14.1 Å². The average molecular weight is 426 g/mol. The van der Waals surface area contributed by atoms with Crippen molar-refractivity contribution in [1.29, 1.82) is 0 Å². The fraction of sp³-hybridized carbons (Fsp3) is 0.414. The molecule has 0 bridgehead atoms. The Morgan fingerprint density at radius 1 is 1.03 bits per heavy atom. The second-order valence-electron chi connectivity index (χ2n) is 10.9. The Balaban J connectivity index is 1.70. The number of aromatic nitrogens is 2. The first-order valence-corrected chi connectivity index (χ1v) is 12.0. The summed E-state index contributed by atoms with van der Waals surface area (Å²) in [6, 6.07) is 9.26. The van der Waals surface area contributed by atoms with E-state index in [9.17, 15) is 0 Å². The number of hydrogen-bond donors (Lipinski definition) is 0. The first-order valence-electron chi connectivity index (χ1n) is 12.0. The number of rotatable bonds is 1. The average Bonchev–Trinajstić information content (AvgIpc) is 3.15. The topological polar surface area (TPSA) is 21.9 Å². The van der Waals surface area contributed by atoms with E-state index in [0.29, 0.717) is 11.3 Å². The number of pyridine rings is 1. The number of hydrogen-bond acceptors (Lipinski definition) is 1. The summed E-state index contributed by atoms with van der Waals surface area (Å²) in [5.74, 6) is 0.630. The van der Waals surface area contributed by atoms with E-state index >= 15 is 0 Å². The van der Waals surface area contributed by atoms with Crippen molar-refractivity contribution in [2.45, 2.75) is 59.3 Å². The molecule has 1 aliphatic rings. The van der Waals surface area contributed by atoms with Gasteiger partial charge in [0.2, 0.25) is 5.52 Å². The van der Waals surface area contributed by atoms with E-state index in [2.05, 4.69) is 87.6 Å². The Kier molecular flexibility index (Phi) is 4.09. The van der Waals surface area contributed by atoms with Crippen molar-refractivity contribution in [3.63, 3.8) is 0 Å². The third kappa shape index (κ3) is 2.69. The second kappa shape index (κ2) is 6.60. The van der Waals surface area contributed by atoms with Gasteiger partial charge in [-0.1, -0.05) is 19.9 Å². The smallest absolute Gasteiger partial charge is 0.216 e. The molecule has 0 radical (unpaired) electrons. The highest BCUT2D eigenvalue weighted by molar-refractivity contribution is 6.19. The molecule has 6 rings (SSSR count). The summed E-state index contributed by atoms with van der Waals surface area (Å²) in [7, 11) is 4.30. The maximum absolute atomic E-state index is 6.78. The molecule has 1 aliphatic carbocycles. The highest BCUT2D eigenvalue weighted by Gasteiger charge is 2.29. The fourth-order valence-electron chi connectivity index (χ4n) is 6.26. The van der Waals surface area contributed by atoms with Crippen LogP contribution in [0.5, 0.6) is 0 Å². The van der Waals surface area contributed by atoms with E-state index in [-0.39, 0.29) is 0 Å². The van der Waals surface area contributed by atoms with Gasteiger partial charge in [0, 0.05) is 35.8 Å². The van der Waals surface area contributed by atoms with E-state index in [1.54, 1.807) is 0 Å². The molecule has 32 heavy (non-hydrogen) atoms. The Morgan fingerprint density at radius 3 is 2.53 bits per heavy atom. The molecule has 3 heteroatoms. The van der Waals surface area contributed by atoms with Crippen molar-refractivity contribution in [2.75, 3.05) is 0 Å². The summed E-state index contributed by atoms with van der Waals surface area (Å²) >= 11 is 0. The normalized spacial score (nSPS) is 17.3. The van der Waals surface area contributed by atoms with E-state index in [1.807, 2.05) is 0 Å². The lowest BCUT2D eigenvalue weighted by molar-refractivity contribution is -0.642. The van der Waals surface area contributed by atoms with Crippen LogP contribution in [0.25, 0.3) is 43.7 Å². The highest BCUT2D eigenvalue weighted by atomic mass is 16.3. The molecule has 0 atom stereocenters. The molecule has 2 aromatic carbocycles. The maximum Gasteiger partial charge on any atom is 0.216 e. The minimum atomic E-state index is 0.480. The third-order valence-corrected chi connectivity index (χ3v) is 8.26. The molecule has 0 aliphatic heterocycles. The zero-order chi connectivity index (χ0) is 22.4. The van der Waals surface area contributed by atoms with Gasteiger partial charge in [-0.2, -0.15) is 0 Å². The van der Waals surface area contributed by atoms with Crippen molar-refractivity contribution in [3.8, 4) is 0 Å². The van der Waals surface area contributed by atoms with Gasteiger partial charge in [0.15, 0.2) is 6.20 Å². The van der Waals surface area contributed by atoms with E-state index in [0.717, 1.165) is 11.2 Å². The van der Waals surface area contributed by atoms with Crippen LogP contribution in [0.4, 0.5) is 0 Å². The Hall–Kier alpha value is -2.81. The van der Waals surface area contributed by atoms with Gasteiger partial charge in [-0.25, -0.2) is 4.57 Å². The summed E-state index contributed by atoms with van der Waals surface area (Å²) in [6.07, 6.45) is 9.51. The minimum absolute atomic E-state index is 0.480. The molecule has 0 saturated heterocycles. The van der Waals surface area contributed by atoms with Crippen LogP contribution in [0, 0.1) is 19.3 Å². The fourth-order valence-corrected chi connectivity index (χ4v) is 6.26. The molecule has 5 aromatic rings. The molecular weight excluding hydrogens is 392 g/mol. The van der Waals surface area contributed by atoms with Crippen molar-refractivity contribution in [1.82, 2.24) is 4.57 Å². The lowest BCUT2D eigenvalue weighted by atomic mass is 9.71. The third-order valence-electron chi connectivity index (χ3n) is 8.26. The summed E-state index contributed by atoms with van der Waals surface area (Å²) in [5, 5.41) is 5.07. The van der Waals surface area contributed by atoms with Crippen LogP contribution < -0.4 is 4.57 Å². The predicted octanol–water partition coefficient (Wildman–Crippen LogP) is 7.36. The standard InChI is InChI=1S/C29H33N2O/c1-17-22-10-14-30(5)26(22)18(2)24-27-25-20(9-13-31(27)6)15-21(16-23(25)32-28(17)24)19-7-11-29(3,4)12-8-19/h9-10,13-16,19H,7-8,11-12H2,1-6H3/q+1. The first kappa shape index (κ1) is 19.8. The van der Waals surface area contributed by atoms with Gasteiger partial charge in [0.05, 0.1) is 16.3 Å². The molecule has 0 amide bonds. The largest absolute Gasteiger partial charge is 0.456 e. The van der Waals surface area contributed by atoms with Gasteiger partial charge in [0.25, 0.3) is 0 Å². The molecule has 3 heterocycles. The van der Waals surface area contributed by atoms with Gasteiger partial charge in [-0.05, 0) is 73.9 Å². The molecule has 1 fully saturated rings. The van der Waals surface area contributed by atoms with Crippen LogP contribution in [-0.4, -0.2) is 4.57 Å². The lowest BCUT2D eigenvalue weighted by Crippen LogP contribution is -2.25. The van der Waals surface area contributed by atoms with Gasteiger partial charge in [0.1, 0.15) is 18.2 Å². The minimum Gasteiger partial charge on any atom is -0.456 e. The van der Waals surface area contributed by atoms with Crippen LogP contribution in [0.3, 0.4) is 0 Å². The Labute approximate surface area is 189 Å². The molecule has 1 saturated carbocycles. The Bertz CT molecular complexity index is 1540. The quantitative estimate of drug-likeness (QED) is 0.156. The molecule has 164 valence electrons. The van der Waals surface area contributed by atoms with Crippen molar-refractivity contribution in [2.24, 2.45) is 19.5 Å². The van der Waals surface area contributed by atoms with Crippen LogP contribution >= 0.6 is 0 Å². The monoisotopic (exact) mass is 425 g/mol. The summed E-state index contributed by atoms with van der Waals surface area (Å²) < 4.78 is 11.3. The number of aryl methyl sites for hydroxylation is 4. The number of fused-ring (bicyclic) bond motifs is 3. The summed E-state index contributed by atoms with van der Waals surface area (Å²) in [5.41, 5.74) is 9.08. The van der Waals surface area contributed by atoms with Crippen molar-refractivity contribution >= 4 is 43.7 Å². The molecule has 0 unspecified atom stereocenters. The Morgan fingerprint density at radius 2 is 1.78 bits per heavy atom. The summed E-state index contributed by atoms with van der Waals surface area (Å²) in [4.78, 5) is 0. The van der Waals surface area contributed by atoms with Gasteiger partial charge < -0.3 is 8.98 Å². The predicted molar refractivity (Wildman–Crippen MR) is 133 cm³/mol. The van der Waals surface area contributed by atoms with Gasteiger partial charge in [-0.15, -0.1) is 0 Å². The molecule has 0 N–H and O–H groups in total.